The molecule has 0 aliphatic rings. The lowest BCUT2D eigenvalue weighted by atomic mass is 10.1. The van der Waals surface area contributed by atoms with Crippen LogP contribution in [0.5, 0.6) is 11.5 Å². The Morgan fingerprint density at radius 2 is 1.90 bits per heavy atom. The van der Waals surface area contributed by atoms with E-state index in [1.54, 1.807) is 24.4 Å². The van der Waals surface area contributed by atoms with Crippen molar-refractivity contribution in [3.63, 3.8) is 0 Å². The average Bonchev–Trinajstić information content (AvgIpc) is 2.50. The Bertz CT molecular complexity index is 582. The predicted octanol–water partition coefficient (Wildman–Crippen LogP) is 2.55. The van der Waals surface area contributed by atoms with E-state index in [9.17, 15) is 10.2 Å². The molecule has 4 nitrogen and oxygen atoms in total. The molecule has 0 aliphatic carbocycles. The summed E-state index contributed by atoms with van der Waals surface area (Å²) in [5, 5.41) is 19.4. The first kappa shape index (κ1) is 14.1. The van der Waals surface area contributed by atoms with Crippen molar-refractivity contribution >= 4 is 6.21 Å². The maximum absolute atomic E-state index is 9.97. The van der Waals surface area contributed by atoms with E-state index in [4.69, 9.17) is 4.74 Å². The SMILES string of the molecule is COc1cccc(C=NC(CO)c2ccccc2)c1O. The molecule has 2 aromatic rings. The summed E-state index contributed by atoms with van der Waals surface area (Å²) in [5.41, 5.74) is 1.48. The summed E-state index contributed by atoms with van der Waals surface area (Å²) in [4.78, 5) is 4.33. The van der Waals surface area contributed by atoms with Crippen LogP contribution < -0.4 is 4.74 Å². The second kappa shape index (κ2) is 6.73. The van der Waals surface area contributed by atoms with Crippen LogP contribution in [-0.2, 0) is 0 Å². The van der Waals surface area contributed by atoms with E-state index in [2.05, 4.69) is 4.99 Å². The third kappa shape index (κ3) is 3.16. The van der Waals surface area contributed by atoms with E-state index in [1.165, 1.54) is 7.11 Å². The van der Waals surface area contributed by atoms with Gasteiger partial charge < -0.3 is 14.9 Å². The van der Waals surface area contributed by atoms with Crippen molar-refractivity contribution < 1.29 is 14.9 Å². The number of phenols is 1. The van der Waals surface area contributed by atoms with Crippen molar-refractivity contribution in [3.05, 3.63) is 59.7 Å². The number of hydrogen-bond donors (Lipinski definition) is 2. The number of ether oxygens (including phenoxy) is 1. The third-order valence-corrected chi connectivity index (χ3v) is 3.00. The van der Waals surface area contributed by atoms with Gasteiger partial charge in [-0.05, 0) is 17.7 Å². The number of aliphatic imine (C=N–C) groups is 1. The molecule has 0 spiro atoms. The van der Waals surface area contributed by atoms with Crippen molar-refractivity contribution in [1.82, 2.24) is 0 Å². The number of aromatic hydroxyl groups is 1. The van der Waals surface area contributed by atoms with E-state index in [1.807, 2.05) is 30.3 Å². The Labute approximate surface area is 118 Å². The minimum Gasteiger partial charge on any atom is -0.504 e. The molecule has 0 saturated carbocycles. The molecule has 0 fully saturated rings. The molecule has 2 rings (SSSR count). The van der Waals surface area contributed by atoms with Crippen molar-refractivity contribution in [2.45, 2.75) is 6.04 Å². The minimum absolute atomic E-state index is 0.0449. The highest BCUT2D eigenvalue weighted by atomic mass is 16.5. The van der Waals surface area contributed by atoms with Crippen LogP contribution >= 0.6 is 0 Å². The zero-order valence-electron chi connectivity index (χ0n) is 11.2. The van der Waals surface area contributed by atoms with E-state index in [0.717, 1.165) is 5.56 Å². The molecular weight excluding hydrogens is 254 g/mol. The number of nitrogens with zero attached hydrogens (tertiary/aromatic N) is 1. The monoisotopic (exact) mass is 271 g/mol. The van der Waals surface area contributed by atoms with Crippen LogP contribution in [0.3, 0.4) is 0 Å². The number of aliphatic hydroxyl groups is 1. The Morgan fingerprint density at radius 3 is 2.55 bits per heavy atom. The smallest absolute Gasteiger partial charge is 0.166 e. The van der Waals surface area contributed by atoms with E-state index in [0.29, 0.717) is 11.3 Å². The maximum Gasteiger partial charge on any atom is 0.166 e. The Balaban J connectivity index is 2.24. The summed E-state index contributed by atoms with van der Waals surface area (Å²) < 4.78 is 5.04. The van der Waals surface area contributed by atoms with Crippen LogP contribution in [0, 0.1) is 0 Å². The fraction of sp³-hybridized carbons (Fsp3) is 0.188. The Hall–Kier alpha value is -2.33. The third-order valence-electron chi connectivity index (χ3n) is 3.00. The molecule has 0 saturated heterocycles. The fourth-order valence-electron chi connectivity index (χ4n) is 1.89. The van der Waals surface area contributed by atoms with Gasteiger partial charge in [-0.2, -0.15) is 0 Å². The summed E-state index contributed by atoms with van der Waals surface area (Å²) >= 11 is 0. The summed E-state index contributed by atoms with van der Waals surface area (Å²) in [6.07, 6.45) is 1.55. The quantitative estimate of drug-likeness (QED) is 0.821. The number of benzene rings is 2. The molecule has 0 aromatic heterocycles. The summed E-state index contributed by atoms with van der Waals surface area (Å²) in [5.74, 6) is 0.442. The topological polar surface area (TPSA) is 62.0 Å². The molecular formula is C16H17NO3. The molecule has 0 radical (unpaired) electrons. The number of aliphatic hydroxyl groups excluding tert-OH is 1. The van der Waals surface area contributed by atoms with Gasteiger partial charge in [-0.1, -0.05) is 36.4 Å². The highest BCUT2D eigenvalue weighted by Crippen LogP contribution is 2.28. The first-order valence-corrected chi connectivity index (χ1v) is 6.31. The molecule has 20 heavy (non-hydrogen) atoms. The number of phenolic OH excluding ortho intramolecular Hbond substituents is 1. The van der Waals surface area contributed by atoms with E-state index in [-0.39, 0.29) is 18.4 Å². The van der Waals surface area contributed by atoms with Crippen molar-refractivity contribution in [2.24, 2.45) is 4.99 Å². The van der Waals surface area contributed by atoms with Gasteiger partial charge in [0, 0.05) is 11.8 Å². The Kier molecular flexibility index (Phi) is 4.74. The first-order valence-electron chi connectivity index (χ1n) is 6.31. The number of para-hydroxylation sites is 1. The van der Waals surface area contributed by atoms with Crippen LogP contribution in [-0.4, -0.2) is 30.1 Å². The van der Waals surface area contributed by atoms with Gasteiger partial charge in [0.05, 0.1) is 19.8 Å². The van der Waals surface area contributed by atoms with E-state index >= 15 is 0 Å². The highest BCUT2D eigenvalue weighted by molar-refractivity contribution is 5.85. The molecule has 2 aromatic carbocycles. The molecule has 4 heteroatoms. The van der Waals surface area contributed by atoms with Gasteiger partial charge in [0.25, 0.3) is 0 Å². The largest absolute Gasteiger partial charge is 0.504 e. The molecule has 0 bridgehead atoms. The molecule has 0 amide bonds. The van der Waals surface area contributed by atoms with Crippen molar-refractivity contribution in [1.29, 1.82) is 0 Å². The normalized spacial score (nSPS) is 12.5. The zero-order valence-corrected chi connectivity index (χ0v) is 11.2. The predicted molar refractivity (Wildman–Crippen MR) is 78.5 cm³/mol. The van der Waals surface area contributed by atoms with Crippen LogP contribution in [0.25, 0.3) is 0 Å². The second-order valence-corrected chi connectivity index (χ2v) is 4.29. The van der Waals surface area contributed by atoms with Crippen molar-refractivity contribution in [3.8, 4) is 11.5 Å². The standard InChI is InChI=1S/C16H17NO3/c1-20-15-9-5-8-13(16(15)19)10-17-14(11-18)12-6-3-2-4-7-12/h2-10,14,18-19H,11H2,1H3. The van der Waals surface area contributed by atoms with E-state index < -0.39 is 0 Å². The summed E-state index contributed by atoms with van der Waals surface area (Å²) in [6.45, 7) is -0.0920. The summed E-state index contributed by atoms with van der Waals surface area (Å²) in [7, 11) is 1.50. The van der Waals surface area contributed by atoms with Gasteiger partial charge in [-0.25, -0.2) is 0 Å². The van der Waals surface area contributed by atoms with Gasteiger partial charge in [-0.15, -0.1) is 0 Å². The second-order valence-electron chi connectivity index (χ2n) is 4.29. The zero-order chi connectivity index (χ0) is 14.4. The van der Waals surface area contributed by atoms with Gasteiger partial charge in [0.1, 0.15) is 0 Å². The highest BCUT2D eigenvalue weighted by Gasteiger charge is 2.09. The Morgan fingerprint density at radius 1 is 1.15 bits per heavy atom. The van der Waals surface area contributed by atoms with Crippen molar-refractivity contribution in [2.75, 3.05) is 13.7 Å². The molecule has 0 heterocycles. The lowest BCUT2D eigenvalue weighted by molar-refractivity contribution is 0.269. The first-order chi connectivity index (χ1) is 9.76. The van der Waals surface area contributed by atoms with Crippen LogP contribution in [0.1, 0.15) is 17.2 Å². The van der Waals surface area contributed by atoms with Gasteiger partial charge >= 0.3 is 0 Å². The van der Waals surface area contributed by atoms with Gasteiger partial charge in [-0.3, -0.25) is 4.99 Å². The fourth-order valence-corrected chi connectivity index (χ4v) is 1.89. The van der Waals surface area contributed by atoms with Crippen LogP contribution in [0.15, 0.2) is 53.5 Å². The number of rotatable bonds is 5. The molecule has 2 N–H and O–H groups in total. The lowest BCUT2D eigenvalue weighted by Gasteiger charge is -2.10. The minimum atomic E-state index is -0.346. The van der Waals surface area contributed by atoms with Crippen LogP contribution in [0.2, 0.25) is 0 Å². The maximum atomic E-state index is 9.97. The number of methoxy groups -OCH3 is 1. The summed E-state index contributed by atoms with van der Waals surface area (Å²) in [6, 6.07) is 14.4. The average molecular weight is 271 g/mol. The van der Waals surface area contributed by atoms with Gasteiger partial charge in [0.15, 0.2) is 11.5 Å². The molecule has 0 aliphatic heterocycles. The molecule has 104 valence electrons. The van der Waals surface area contributed by atoms with Crippen LogP contribution in [0.4, 0.5) is 0 Å². The number of hydrogen-bond acceptors (Lipinski definition) is 4. The van der Waals surface area contributed by atoms with Gasteiger partial charge in [0.2, 0.25) is 0 Å². The molecule has 1 atom stereocenters. The lowest BCUT2D eigenvalue weighted by Crippen LogP contribution is -2.01. The molecule has 1 unspecified atom stereocenters.